The molecule has 0 N–H and O–H groups in total. The van der Waals surface area contributed by atoms with Gasteiger partial charge in [-0.05, 0) is 36.8 Å². The summed E-state index contributed by atoms with van der Waals surface area (Å²) >= 11 is 0. The number of carbonyl (C=O) groups is 1. The monoisotopic (exact) mass is 414 g/mol. The van der Waals surface area contributed by atoms with Crippen LogP contribution in [0.15, 0.2) is 53.4 Å². The number of likely N-dealkylation sites (N-methyl/N-ethyl adjacent to an activating group) is 2. The first-order chi connectivity index (χ1) is 12.9. The molecule has 2 aromatic carbocycles. The predicted molar refractivity (Wildman–Crippen MR) is 98.9 cm³/mol. The van der Waals surface area contributed by atoms with Crippen LogP contribution in [0.2, 0.25) is 0 Å². The van der Waals surface area contributed by atoms with Gasteiger partial charge in [0.15, 0.2) is 0 Å². The van der Waals surface area contributed by atoms with Crippen molar-refractivity contribution in [1.29, 1.82) is 0 Å². The van der Waals surface area contributed by atoms with E-state index in [1.165, 1.54) is 43.3 Å². The van der Waals surface area contributed by atoms with Crippen LogP contribution in [0.3, 0.4) is 0 Å². The maximum absolute atomic E-state index is 12.6. The minimum Gasteiger partial charge on any atom is -0.340 e. The fourth-order valence-corrected chi connectivity index (χ4v) is 3.57. The molecule has 2 aromatic rings. The van der Waals surface area contributed by atoms with E-state index in [0.717, 1.165) is 22.0 Å². The van der Waals surface area contributed by atoms with Crippen LogP contribution in [-0.4, -0.2) is 44.2 Å². The van der Waals surface area contributed by atoms with Gasteiger partial charge in [-0.2, -0.15) is 17.5 Å². The fraction of sp³-hybridized carbons (Fsp3) is 0.316. The van der Waals surface area contributed by atoms with Gasteiger partial charge >= 0.3 is 6.18 Å². The Hall–Kier alpha value is -2.39. The van der Waals surface area contributed by atoms with Gasteiger partial charge in [-0.25, -0.2) is 8.42 Å². The van der Waals surface area contributed by atoms with Crippen molar-refractivity contribution < 1.29 is 26.4 Å². The molecule has 0 fully saturated rings. The summed E-state index contributed by atoms with van der Waals surface area (Å²) in [6.07, 6.45) is -4.42. The maximum atomic E-state index is 12.6. The Morgan fingerprint density at radius 1 is 0.964 bits per heavy atom. The smallest absolute Gasteiger partial charge is 0.340 e. The van der Waals surface area contributed by atoms with Crippen LogP contribution >= 0.6 is 0 Å². The van der Waals surface area contributed by atoms with E-state index in [9.17, 15) is 26.4 Å². The number of alkyl halides is 3. The molecular formula is C19H21F3N2O3S. The molecule has 0 heterocycles. The average molecular weight is 414 g/mol. The Bertz CT molecular complexity index is 924. The molecule has 9 heteroatoms. The molecule has 152 valence electrons. The molecule has 0 aromatic heterocycles. The quantitative estimate of drug-likeness (QED) is 0.729. The standard InChI is InChI=1S/C19H21F3N2O3S/c1-14-4-10-17(11-5-14)28(26,27)24(3)13-18(25)23(2)12-15-6-8-16(9-7-15)19(20,21)22/h4-11H,12-13H2,1-3H3. The average Bonchev–Trinajstić information content (AvgIpc) is 2.61. The zero-order chi connectivity index (χ0) is 21.1. The minimum atomic E-state index is -4.42. The molecule has 0 radical (unpaired) electrons. The van der Waals surface area contributed by atoms with Crippen LogP contribution in [0, 0.1) is 6.92 Å². The third-order valence-corrected chi connectivity index (χ3v) is 6.03. The first-order valence-electron chi connectivity index (χ1n) is 8.34. The van der Waals surface area contributed by atoms with Crippen molar-refractivity contribution in [2.45, 2.75) is 24.5 Å². The molecule has 0 aliphatic rings. The molecular weight excluding hydrogens is 393 g/mol. The number of hydrogen-bond acceptors (Lipinski definition) is 3. The summed E-state index contributed by atoms with van der Waals surface area (Å²) in [4.78, 5) is 13.7. The van der Waals surface area contributed by atoms with Gasteiger partial charge < -0.3 is 4.90 Å². The highest BCUT2D eigenvalue weighted by Crippen LogP contribution is 2.29. The minimum absolute atomic E-state index is 0.0649. The van der Waals surface area contributed by atoms with Gasteiger partial charge in [0.1, 0.15) is 0 Å². The summed E-state index contributed by atoms with van der Waals surface area (Å²) in [6.45, 7) is 1.52. The Balaban J connectivity index is 2.02. The lowest BCUT2D eigenvalue weighted by Crippen LogP contribution is -2.39. The van der Waals surface area contributed by atoms with E-state index >= 15 is 0 Å². The highest BCUT2D eigenvalue weighted by atomic mass is 32.2. The van der Waals surface area contributed by atoms with E-state index in [0.29, 0.717) is 5.56 Å². The lowest BCUT2D eigenvalue weighted by Gasteiger charge is -2.22. The molecule has 0 atom stereocenters. The van der Waals surface area contributed by atoms with Crippen molar-refractivity contribution in [3.63, 3.8) is 0 Å². The maximum Gasteiger partial charge on any atom is 0.416 e. The van der Waals surface area contributed by atoms with Crippen LogP contribution in [0.25, 0.3) is 0 Å². The number of sulfonamides is 1. The first-order valence-corrected chi connectivity index (χ1v) is 9.78. The number of nitrogens with zero attached hydrogens (tertiary/aromatic N) is 2. The van der Waals surface area contributed by atoms with Gasteiger partial charge in [-0.15, -0.1) is 0 Å². The molecule has 0 unspecified atom stereocenters. The zero-order valence-corrected chi connectivity index (χ0v) is 16.5. The SMILES string of the molecule is Cc1ccc(S(=O)(=O)N(C)CC(=O)N(C)Cc2ccc(C(F)(F)F)cc2)cc1. The number of hydrogen-bond donors (Lipinski definition) is 0. The number of rotatable bonds is 6. The third-order valence-electron chi connectivity index (χ3n) is 4.21. The van der Waals surface area contributed by atoms with Crippen molar-refractivity contribution in [1.82, 2.24) is 9.21 Å². The molecule has 0 spiro atoms. The lowest BCUT2D eigenvalue weighted by atomic mass is 10.1. The van der Waals surface area contributed by atoms with Crippen molar-refractivity contribution in [2.24, 2.45) is 0 Å². The second kappa shape index (κ2) is 8.32. The summed E-state index contributed by atoms with van der Waals surface area (Å²) in [5.41, 5.74) is 0.649. The van der Waals surface area contributed by atoms with Crippen LogP contribution in [-0.2, 0) is 27.5 Å². The van der Waals surface area contributed by atoms with E-state index in [4.69, 9.17) is 0 Å². The van der Waals surface area contributed by atoms with E-state index < -0.39 is 27.7 Å². The van der Waals surface area contributed by atoms with Gasteiger partial charge in [0.2, 0.25) is 15.9 Å². The van der Waals surface area contributed by atoms with Crippen LogP contribution in [0.4, 0.5) is 13.2 Å². The second-order valence-corrected chi connectivity index (χ2v) is 8.56. The Morgan fingerprint density at radius 3 is 2.00 bits per heavy atom. The number of halogens is 3. The van der Waals surface area contributed by atoms with Crippen molar-refractivity contribution in [3.05, 3.63) is 65.2 Å². The van der Waals surface area contributed by atoms with Crippen LogP contribution in [0.5, 0.6) is 0 Å². The summed E-state index contributed by atoms with van der Waals surface area (Å²) in [6, 6.07) is 10.7. The number of benzene rings is 2. The van der Waals surface area contributed by atoms with Crippen LogP contribution in [0.1, 0.15) is 16.7 Å². The van der Waals surface area contributed by atoms with Gasteiger partial charge in [-0.1, -0.05) is 29.8 Å². The van der Waals surface area contributed by atoms with Gasteiger partial charge in [-0.3, -0.25) is 4.79 Å². The molecule has 5 nitrogen and oxygen atoms in total. The van der Waals surface area contributed by atoms with Gasteiger partial charge in [0.05, 0.1) is 17.0 Å². The number of carbonyl (C=O) groups excluding carboxylic acids is 1. The van der Waals surface area contributed by atoms with Crippen molar-refractivity contribution in [2.75, 3.05) is 20.6 Å². The molecule has 0 saturated carbocycles. The molecule has 0 saturated heterocycles. The summed E-state index contributed by atoms with van der Waals surface area (Å²) in [5.74, 6) is -0.474. The molecule has 0 aliphatic heterocycles. The van der Waals surface area contributed by atoms with Gasteiger partial charge in [0.25, 0.3) is 0 Å². The van der Waals surface area contributed by atoms with Crippen molar-refractivity contribution in [3.8, 4) is 0 Å². The van der Waals surface area contributed by atoms with E-state index in [1.807, 2.05) is 6.92 Å². The largest absolute Gasteiger partial charge is 0.416 e. The van der Waals surface area contributed by atoms with E-state index in [1.54, 1.807) is 12.1 Å². The molecule has 28 heavy (non-hydrogen) atoms. The molecule has 0 aliphatic carbocycles. The molecule has 1 amide bonds. The highest BCUT2D eigenvalue weighted by molar-refractivity contribution is 7.89. The number of amides is 1. The van der Waals surface area contributed by atoms with Crippen molar-refractivity contribution >= 4 is 15.9 Å². The Kier molecular flexibility index (Phi) is 6.51. The Morgan fingerprint density at radius 2 is 1.50 bits per heavy atom. The summed E-state index contributed by atoms with van der Waals surface area (Å²) < 4.78 is 63.8. The summed E-state index contributed by atoms with van der Waals surface area (Å²) in [7, 11) is -1.05. The topological polar surface area (TPSA) is 57.7 Å². The normalized spacial score (nSPS) is 12.2. The number of aryl methyl sites for hydroxylation is 1. The Labute approximate surface area is 162 Å². The van der Waals surface area contributed by atoms with E-state index in [2.05, 4.69) is 0 Å². The lowest BCUT2D eigenvalue weighted by molar-refractivity contribution is -0.137. The second-order valence-electron chi connectivity index (χ2n) is 6.52. The first kappa shape index (κ1) is 21.9. The van der Waals surface area contributed by atoms with Gasteiger partial charge in [0, 0.05) is 20.6 Å². The third kappa shape index (κ3) is 5.32. The predicted octanol–water partition coefficient (Wildman–Crippen LogP) is 3.29. The van der Waals surface area contributed by atoms with Crippen LogP contribution < -0.4 is 0 Å². The zero-order valence-electron chi connectivity index (χ0n) is 15.7. The molecule has 2 rings (SSSR count). The fourth-order valence-electron chi connectivity index (χ4n) is 2.45. The molecule has 0 bridgehead atoms. The summed E-state index contributed by atoms with van der Waals surface area (Å²) in [5, 5.41) is 0. The van der Waals surface area contributed by atoms with E-state index in [-0.39, 0.29) is 18.0 Å². The highest BCUT2D eigenvalue weighted by Gasteiger charge is 2.30.